The second kappa shape index (κ2) is 9.99. The summed E-state index contributed by atoms with van der Waals surface area (Å²) in [5, 5.41) is 3.08. The summed E-state index contributed by atoms with van der Waals surface area (Å²) >= 11 is 0. The van der Waals surface area contributed by atoms with Gasteiger partial charge in [-0.05, 0) is 62.1 Å². The molecule has 4 rings (SSSR count). The van der Waals surface area contributed by atoms with Crippen molar-refractivity contribution in [3.63, 3.8) is 0 Å². The number of anilines is 1. The Morgan fingerprint density at radius 3 is 2.29 bits per heavy atom. The van der Waals surface area contributed by atoms with Gasteiger partial charge in [0.15, 0.2) is 0 Å². The Hall–Kier alpha value is -3.16. The number of amides is 1. The molecular weight excluding hydrogens is 448 g/mol. The number of benzene rings is 3. The van der Waals surface area contributed by atoms with Crippen molar-refractivity contribution < 1.29 is 17.9 Å². The molecule has 2 N–H and O–H groups in total. The van der Waals surface area contributed by atoms with E-state index >= 15 is 0 Å². The molecule has 3 aromatic rings. The maximum absolute atomic E-state index is 13.1. The lowest BCUT2D eigenvalue weighted by molar-refractivity contribution is 0.0487. The highest BCUT2D eigenvalue weighted by Crippen LogP contribution is 2.34. The normalized spacial score (nSPS) is 15.5. The maximum Gasteiger partial charge on any atom is 0.261 e. The summed E-state index contributed by atoms with van der Waals surface area (Å²) in [6.07, 6.45) is 1.65. The van der Waals surface area contributed by atoms with Crippen LogP contribution in [-0.2, 0) is 20.2 Å². The molecular formula is C27H30N2O4S. The fraction of sp³-hybridized carbons (Fsp3) is 0.296. The van der Waals surface area contributed by atoms with Crippen molar-refractivity contribution in [1.82, 2.24) is 5.32 Å². The van der Waals surface area contributed by atoms with E-state index in [1.807, 2.05) is 25.1 Å². The van der Waals surface area contributed by atoms with Crippen molar-refractivity contribution in [2.45, 2.75) is 37.0 Å². The van der Waals surface area contributed by atoms with Crippen LogP contribution in [0.4, 0.5) is 5.69 Å². The van der Waals surface area contributed by atoms with E-state index in [4.69, 9.17) is 4.74 Å². The summed E-state index contributed by atoms with van der Waals surface area (Å²) in [5.41, 5.74) is 3.51. The predicted molar refractivity (Wildman–Crippen MR) is 134 cm³/mol. The van der Waals surface area contributed by atoms with Gasteiger partial charge in [0.05, 0.1) is 10.6 Å². The van der Waals surface area contributed by atoms with E-state index < -0.39 is 10.0 Å². The molecule has 0 bridgehead atoms. The average Bonchev–Trinajstić information content (AvgIpc) is 2.85. The van der Waals surface area contributed by atoms with Crippen LogP contribution in [0.5, 0.6) is 0 Å². The lowest BCUT2D eigenvalue weighted by atomic mass is 9.74. The number of hydrogen-bond donors (Lipinski definition) is 2. The molecule has 1 aliphatic rings. The van der Waals surface area contributed by atoms with Crippen LogP contribution < -0.4 is 10.0 Å². The molecule has 0 saturated carbocycles. The summed E-state index contributed by atoms with van der Waals surface area (Å²) in [4.78, 5) is 13.3. The molecule has 178 valence electrons. The first-order valence-electron chi connectivity index (χ1n) is 11.4. The highest BCUT2D eigenvalue weighted by Gasteiger charge is 2.34. The van der Waals surface area contributed by atoms with Crippen LogP contribution in [0.1, 0.15) is 39.9 Å². The third-order valence-corrected chi connectivity index (χ3v) is 7.88. The Morgan fingerprint density at radius 1 is 0.941 bits per heavy atom. The molecule has 0 aliphatic carbocycles. The third kappa shape index (κ3) is 5.32. The van der Waals surface area contributed by atoms with Gasteiger partial charge in [-0.25, -0.2) is 8.42 Å². The van der Waals surface area contributed by atoms with Crippen molar-refractivity contribution in [1.29, 1.82) is 0 Å². The van der Waals surface area contributed by atoms with E-state index in [2.05, 4.69) is 22.2 Å². The van der Waals surface area contributed by atoms with Gasteiger partial charge in [-0.1, -0.05) is 54.1 Å². The van der Waals surface area contributed by atoms with Gasteiger partial charge >= 0.3 is 0 Å². The minimum absolute atomic E-state index is 0.177. The van der Waals surface area contributed by atoms with Gasteiger partial charge in [0, 0.05) is 30.7 Å². The van der Waals surface area contributed by atoms with Gasteiger partial charge in [0.1, 0.15) is 0 Å². The molecule has 3 aromatic carbocycles. The maximum atomic E-state index is 13.1. The first-order chi connectivity index (χ1) is 16.3. The van der Waals surface area contributed by atoms with Crippen LogP contribution in [0.15, 0.2) is 77.7 Å². The van der Waals surface area contributed by atoms with Crippen LogP contribution in [0.3, 0.4) is 0 Å². The number of carbonyl (C=O) groups excluding carboxylic acids is 1. The van der Waals surface area contributed by atoms with E-state index in [9.17, 15) is 13.2 Å². The zero-order chi connectivity index (χ0) is 24.2. The number of nitrogens with one attached hydrogen (secondary N) is 2. The minimum atomic E-state index is -3.77. The van der Waals surface area contributed by atoms with Gasteiger partial charge in [-0.3, -0.25) is 9.52 Å². The average molecular weight is 479 g/mol. The van der Waals surface area contributed by atoms with Crippen molar-refractivity contribution in [3.8, 4) is 0 Å². The SMILES string of the molecule is Cc1ccc(S(=O)(=O)Nc2cc(C(=O)NCC3(c4ccccc4)CCOCC3)ccc2C)cc1. The molecule has 6 nitrogen and oxygen atoms in total. The fourth-order valence-corrected chi connectivity index (χ4v) is 5.39. The number of hydrogen-bond acceptors (Lipinski definition) is 4. The molecule has 34 heavy (non-hydrogen) atoms. The number of ether oxygens (including phenoxy) is 1. The summed E-state index contributed by atoms with van der Waals surface area (Å²) < 4.78 is 33.9. The van der Waals surface area contributed by atoms with Gasteiger partial charge in [0.2, 0.25) is 0 Å². The Labute approximate surface area is 201 Å². The van der Waals surface area contributed by atoms with Gasteiger partial charge in [-0.15, -0.1) is 0 Å². The number of carbonyl (C=O) groups is 1. The van der Waals surface area contributed by atoms with Crippen molar-refractivity contribution in [3.05, 3.63) is 95.1 Å². The van der Waals surface area contributed by atoms with E-state index in [1.54, 1.807) is 49.4 Å². The third-order valence-electron chi connectivity index (χ3n) is 6.50. The molecule has 0 spiro atoms. The molecule has 7 heteroatoms. The molecule has 1 aliphatic heterocycles. The summed E-state index contributed by atoms with van der Waals surface area (Å²) in [6, 6.07) is 21.9. The molecule has 0 radical (unpaired) electrons. The number of sulfonamides is 1. The van der Waals surface area contributed by atoms with Gasteiger partial charge < -0.3 is 10.1 Å². The van der Waals surface area contributed by atoms with Crippen LogP contribution in [0, 0.1) is 13.8 Å². The number of rotatable bonds is 7. The van der Waals surface area contributed by atoms with E-state index in [0.29, 0.717) is 31.0 Å². The van der Waals surface area contributed by atoms with E-state index in [-0.39, 0.29) is 16.2 Å². The Bertz CT molecular complexity index is 1250. The second-order valence-electron chi connectivity index (χ2n) is 8.89. The predicted octanol–water partition coefficient (Wildman–Crippen LogP) is 4.58. The Balaban J connectivity index is 1.52. The van der Waals surface area contributed by atoms with E-state index in [1.165, 1.54) is 5.56 Å². The summed E-state index contributed by atoms with van der Waals surface area (Å²) in [5.74, 6) is -0.238. The lowest BCUT2D eigenvalue weighted by Gasteiger charge is -2.38. The quantitative estimate of drug-likeness (QED) is 0.521. The highest BCUT2D eigenvalue weighted by molar-refractivity contribution is 7.92. The molecule has 1 heterocycles. The van der Waals surface area contributed by atoms with Crippen LogP contribution in [0.2, 0.25) is 0 Å². The monoisotopic (exact) mass is 478 g/mol. The lowest BCUT2D eigenvalue weighted by Crippen LogP contribution is -2.44. The zero-order valence-corrected chi connectivity index (χ0v) is 20.3. The van der Waals surface area contributed by atoms with Crippen molar-refractivity contribution in [2.75, 3.05) is 24.5 Å². The highest BCUT2D eigenvalue weighted by atomic mass is 32.2. The van der Waals surface area contributed by atoms with Crippen LogP contribution >= 0.6 is 0 Å². The largest absolute Gasteiger partial charge is 0.381 e. The Kier molecular flexibility index (Phi) is 7.05. The topological polar surface area (TPSA) is 84.5 Å². The molecule has 1 saturated heterocycles. The summed E-state index contributed by atoms with van der Waals surface area (Å²) in [7, 11) is -3.77. The first kappa shape index (κ1) is 24.0. The first-order valence-corrected chi connectivity index (χ1v) is 12.9. The van der Waals surface area contributed by atoms with Gasteiger partial charge in [-0.2, -0.15) is 0 Å². The molecule has 0 atom stereocenters. The number of aryl methyl sites for hydroxylation is 2. The van der Waals surface area contributed by atoms with Crippen LogP contribution in [0.25, 0.3) is 0 Å². The van der Waals surface area contributed by atoms with E-state index in [0.717, 1.165) is 24.0 Å². The van der Waals surface area contributed by atoms with Crippen molar-refractivity contribution in [2.24, 2.45) is 0 Å². The standard InChI is InChI=1S/C27H30N2O4S/c1-20-8-12-24(13-9-20)34(31,32)29-25-18-22(11-10-21(25)2)26(30)28-19-27(14-16-33-17-15-27)23-6-4-3-5-7-23/h3-13,18,29H,14-17,19H2,1-2H3,(H,28,30). The van der Waals surface area contributed by atoms with Crippen LogP contribution in [-0.4, -0.2) is 34.1 Å². The second-order valence-corrected chi connectivity index (χ2v) is 10.6. The molecule has 1 amide bonds. The molecule has 0 aromatic heterocycles. The summed E-state index contributed by atoms with van der Waals surface area (Å²) in [6.45, 7) is 5.50. The fourth-order valence-electron chi connectivity index (χ4n) is 4.27. The van der Waals surface area contributed by atoms with Gasteiger partial charge in [0.25, 0.3) is 15.9 Å². The molecule has 1 fully saturated rings. The van der Waals surface area contributed by atoms with Crippen molar-refractivity contribution >= 4 is 21.6 Å². The Morgan fingerprint density at radius 2 is 1.62 bits per heavy atom. The molecule has 0 unspecified atom stereocenters. The zero-order valence-electron chi connectivity index (χ0n) is 19.5. The minimum Gasteiger partial charge on any atom is -0.381 e. The smallest absolute Gasteiger partial charge is 0.261 e.